The maximum absolute atomic E-state index is 14.8. The molecule has 6 aromatic rings. The third-order valence-corrected chi connectivity index (χ3v) is 9.39. The van der Waals surface area contributed by atoms with E-state index in [-0.39, 0.29) is 0 Å². The Morgan fingerprint density at radius 3 is 2.32 bits per heavy atom. The van der Waals surface area contributed by atoms with Gasteiger partial charge in [0.05, 0.1) is 27.7 Å². The fourth-order valence-electron chi connectivity index (χ4n) is 5.25. The summed E-state index contributed by atoms with van der Waals surface area (Å²) in [5.74, 6) is -1.74. The number of alkyl halides is 1. The molecule has 216 valence electrons. The number of fused-ring (bicyclic) bond motifs is 1. The van der Waals surface area contributed by atoms with Gasteiger partial charge in [-0.05, 0) is 71.3 Å². The van der Waals surface area contributed by atoms with Crippen molar-refractivity contribution >= 4 is 49.0 Å². The van der Waals surface area contributed by atoms with Crippen molar-refractivity contribution in [2.45, 2.75) is 10.8 Å². The Morgan fingerprint density at radius 2 is 1.61 bits per heavy atom. The predicted molar refractivity (Wildman–Crippen MR) is 175 cm³/mol. The summed E-state index contributed by atoms with van der Waals surface area (Å²) < 4.78 is 44.8. The first kappa shape index (κ1) is 29.6. The number of hydrogen-bond donors (Lipinski definition) is 0. The number of aromatic nitrogens is 1. The topological polar surface area (TPSA) is 62.9 Å². The first-order chi connectivity index (χ1) is 21.3. The fraction of sp³-hybridized carbons (Fsp3) is 0.0286. The van der Waals surface area contributed by atoms with Gasteiger partial charge in [0.15, 0.2) is 11.0 Å². The molecule has 0 aliphatic rings. The zero-order valence-electron chi connectivity index (χ0n) is 22.9. The molecule has 44 heavy (non-hydrogen) atoms. The summed E-state index contributed by atoms with van der Waals surface area (Å²) in [4.78, 5) is 11.7. The molecule has 0 saturated heterocycles. The summed E-state index contributed by atoms with van der Waals surface area (Å²) in [6.07, 6.45) is 0.722. The van der Waals surface area contributed by atoms with Gasteiger partial charge in [-0.15, -0.1) is 0 Å². The molecule has 0 amide bonds. The van der Waals surface area contributed by atoms with Gasteiger partial charge in [-0.2, -0.15) is 5.26 Å². The predicted octanol–water partition coefficient (Wildman–Crippen LogP) is 9.53. The SMILES string of the molecule is N#Cc1cccc(-c2c(-c3cccc(-c4ccc(C=O)cc4Cl)c3)n(S(=O)c3ccc(C(F)P)cc3)c3ccc(F)cc23)c1. The third kappa shape index (κ3) is 5.49. The van der Waals surface area contributed by atoms with Crippen molar-refractivity contribution in [3.05, 3.63) is 137 Å². The van der Waals surface area contributed by atoms with E-state index >= 15 is 0 Å². The minimum Gasteiger partial charge on any atom is -0.298 e. The average Bonchev–Trinajstić information content (AvgIpc) is 3.38. The lowest BCUT2D eigenvalue weighted by atomic mass is 9.95. The van der Waals surface area contributed by atoms with Crippen LogP contribution in [0.5, 0.6) is 0 Å². The van der Waals surface area contributed by atoms with Crippen LogP contribution in [0.15, 0.2) is 114 Å². The smallest absolute Gasteiger partial charge is 0.157 e. The zero-order chi connectivity index (χ0) is 31.0. The Labute approximate surface area is 262 Å². The summed E-state index contributed by atoms with van der Waals surface area (Å²) in [6.45, 7) is 0. The highest BCUT2D eigenvalue weighted by atomic mass is 35.5. The van der Waals surface area contributed by atoms with E-state index in [0.29, 0.717) is 65.5 Å². The van der Waals surface area contributed by atoms with Gasteiger partial charge in [0.1, 0.15) is 18.0 Å². The van der Waals surface area contributed by atoms with E-state index < -0.39 is 22.7 Å². The van der Waals surface area contributed by atoms with Crippen LogP contribution in [0.25, 0.3) is 44.4 Å². The number of rotatable bonds is 7. The average molecular weight is 639 g/mol. The highest BCUT2D eigenvalue weighted by Crippen LogP contribution is 2.44. The Morgan fingerprint density at radius 1 is 0.886 bits per heavy atom. The van der Waals surface area contributed by atoms with Crippen LogP contribution in [0.4, 0.5) is 8.78 Å². The molecule has 0 bridgehead atoms. The molecule has 0 aliphatic carbocycles. The number of nitrogens with zero attached hydrogens (tertiary/aromatic N) is 2. The maximum Gasteiger partial charge on any atom is 0.157 e. The van der Waals surface area contributed by atoms with E-state index in [9.17, 15) is 23.0 Å². The molecule has 1 heterocycles. The van der Waals surface area contributed by atoms with E-state index in [0.717, 1.165) is 11.8 Å². The molecule has 4 nitrogen and oxygen atoms in total. The van der Waals surface area contributed by atoms with Crippen molar-refractivity contribution in [3.63, 3.8) is 0 Å². The number of benzene rings is 5. The highest BCUT2D eigenvalue weighted by Gasteiger charge is 2.25. The standard InChI is InChI=1S/C35H22ClF2N2O2PS/c36-31-16-22(20-41)7-13-29(31)24-4-2-6-26(17-24)34-33(25-5-1-3-21(15-25)19-39)30-18-27(37)10-14-32(30)40(34)44(42)28-11-8-23(9-12-28)35(38)43/h1-18,20,35H,43H2. The normalized spacial score (nSPS) is 12.5. The molecule has 0 N–H and O–H groups in total. The lowest BCUT2D eigenvalue weighted by Crippen LogP contribution is -2.07. The number of hydrogen-bond acceptors (Lipinski definition) is 3. The lowest BCUT2D eigenvalue weighted by molar-refractivity contribution is 0.112. The number of aldehydes is 1. The molecule has 3 atom stereocenters. The molecular weight excluding hydrogens is 617 g/mol. The monoisotopic (exact) mass is 638 g/mol. The second-order valence-electron chi connectivity index (χ2n) is 10.0. The second-order valence-corrected chi connectivity index (χ2v) is 12.4. The first-order valence-electron chi connectivity index (χ1n) is 13.4. The van der Waals surface area contributed by atoms with E-state index in [4.69, 9.17) is 11.6 Å². The van der Waals surface area contributed by atoms with Crippen LogP contribution in [0.2, 0.25) is 5.02 Å². The van der Waals surface area contributed by atoms with Crippen LogP contribution >= 0.6 is 20.8 Å². The molecule has 6 rings (SSSR count). The first-order valence-corrected chi connectivity index (χ1v) is 15.6. The molecule has 0 radical (unpaired) electrons. The van der Waals surface area contributed by atoms with Crippen LogP contribution in [0, 0.1) is 17.1 Å². The Kier molecular flexibility index (Phi) is 8.25. The minimum absolute atomic E-state index is 0.389. The second kappa shape index (κ2) is 12.3. The van der Waals surface area contributed by atoms with E-state index in [2.05, 4.69) is 15.3 Å². The van der Waals surface area contributed by atoms with Gasteiger partial charge in [-0.25, -0.2) is 13.0 Å². The van der Waals surface area contributed by atoms with Gasteiger partial charge in [0.25, 0.3) is 0 Å². The quantitative estimate of drug-likeness (QED) is 0.129. The molecule has 0 saturated carbocycles. The van der Waals surface area contributed by atoms with E-state index in [1.165, 1.54) is 12.1 Å². The maximum atomic E-state index is 14.8. The van der Waals surface area contributed by atoms with Crippen molar-refractivity contribution in [1.82, 2.24) is 3.97 Å². The summed E-state index contributed by atoms with van der Waals surface area (Å²) in [7, 11) is 0.248. The molecule has 3 unspecified atom stereocenters. The molecule has 0 aliphatic heterocycles. The molecule has 0 spiro atoms. The van der Waals surface area contributed by atoms with Crippen molar-refractivity contribution in [2.24, 2.45) is 0 Å². The van der Waals surface area contributed by atoms with Crippen LogP contribution in [0.1, 0.15) is 27.4 Å². The molecule has 1 aromatic heterocycles. The Hall–Kier alpha value is -4.47. The molecule has 0 fully saturated rings. The summed E-state index contributed by atoms with van der Waals surface area (Å²) in [6, 6.07) is 32.3. The van der Waals surface area contributed by atoms with Crippen molar-refractivity contribution in [3.8, 4) is 39.6 Å². The molecule has 5 aromatic carbocycles. The summed E-state index contributed by atoms with van der Waals surface area (Å²) in [5, 5.41) is 10.6. The summed E-state index contributed by atoms with van der Waals surface area (Å²) >= 11 is 6.57. The zero-order valence-corrected chi connectivity index (χ0v) is 25.6. The van der Waals surface area contributed by atoms with Gasteiger partial charge < -0.3 is 0 Å². The van der Waals surface area contributed by atoms with Gasteiger partial charge in [0, 0.05) is 32.7 Å². The fourth-order valence-corrected chi connectivity index (χ4v) is 7.05. The number of halogens is 3. The van der Waals surface area contributed by atoms with Crippen molar-refractivity contribution < 1.29 is 17.8 Å². The summed E-state index contributed by atoms with van der Waals surface area (Å²) in [5.41, 5.74) is 5.65. The number of carbonyl (C=O) groups excluding carboxylic acids is 1. The van der Waals surface area contributed by atoms with Gasteiger partial charge >= 0.3 is 0 Å². The Balaban J connectivity index is 1.67. The largest absolute Gasteiger partial charge is 0.298 e. The Bertz CT molecular complexity index is 2140. The van der Waals surface area contributed by atoms with Crippen LogP contribution in [-0.4, -0.2) is 14.5 Å². The van der Waals surface area contributed by atoms with Crippen LogP contribution in [0.3, 0.4) is 0 Å². The van der Waals surface area contributed by atoms with Crippen LogP contribution in [-0.2, 0) is 11.0 Å². The van der Waals surface area contributed by atoms with Crippen molar-refractivity contribution in [1.29, 1.82) is 5.26 Å². The number of nitriles is 1. The van der Waals surface area contributed by atoms with Gasteiger partial charge in [-0.3, -0.25) is 8.77 Å². The van der Waals surface area contributed by atoms with E-state index in [1.807, 2.05) is 30.3 Å². The lowest BCUT2D eigenvalue weighted by Gasteiger charge is -2.15. The molecular formula is C35H22ClF2N2O2PS. The van der Waals surface area contributed by atoms with Crippen molar-refractivity contribution in [2.75, 3.05) is 0 Å². The molecule has 9 heteroatoms. The number of carbonyl (C=O) groups is 1. The van der Waals surface area contributed by atoms with E-state index in [1.54, 1.807) is 70.7 Å². The highest BCUT2D eigenvalue weighted by molar-refractivity contribution is 7.83. The van der Waals surface area contributed by atoms with Gasteiger partial charge in [0.2, 0.25) is 0 Å². The van der Waals surface area contributed by atoms with Crippen LogP contribution < -0.4 is 0 Å². The van der Waals surface area contributed by atoms with Gasteiger partial charge in [-0.1, -0.05) is 75.4 Å². The minimum atomic E-state index is -1.85. The third-order valence-electron chi connectivity index (χ3n) is 7.31.